The number of ether oxygens (including phenoxy) is 1. The molecule has 3 aromatic rings. The van der Waals surface area contributed by atoms with Crippen molar-refractivity contribution in [2.45, 2.75) is 19.0 Å². The number of nitrogens with zero attached hydrogens (tertiary/aromatic N) is 1. The van der Waals surface area contributed by atoms with Gasteiger partial charge in [-0.15, -0.1) is 11.3 Å². The van der Waals surface area contributed by atoms with Gasteiger partial charge >= 0.3 is 6.18 Å². The number of aromatic nitrogens is 1. The number of hydrogen-bond acceptors (Lipinski definition) is 4. The van der Waals surface area contributed by atoms with Gasteiger partial charge in [0.1, 0.15) is 23.1 Å². The fourth-order valence-electron chi connectivity index (χ4n) is 2.48. The van der Waals surface area contributed by atoms with Gasteiger partial charge in [-0.3, -0.25) is 4.79 Å². The van der Waals surface area contributed by atoms with Crippen LogP contribution in [0.1, 0.15) is 16.1 Å². The van der Waals surface area contributed by atoms with Crippen LogP contribution < -0.4 is 4.74 Å². The second-order valence-electron chi connectivity index (χ2n) is 5.67. The summed E-state index contributed by atoms with van der Waals surface area (Å²) in [4.78, 5) is 16.2. The minimum Gasteiger partial charge on any atom is -0.456 e. The van der Waals surface area contributed by atoms with Crippen molar-refractivity contribution in [3.05, 3.63) is 76.0 Å². The lowest BCUT2D eigenvalue weighted by molar-refractivity contribution is -0.138. The number of Topliss-reactive ketones (excluding diaryl/α,β-unsaturated/α-hetero) is 1. The summed E-state index contributed by atoms with van der Waals surface area (Å²) < 4.78 is 58.4. The lowest BCUT2D eigenvalue weighted by Gasteiger charge is -2.15. The molecule has 0 fully saturated rings. The molecule has 1 heterocycles. The predicted molar refractivity (Wildman–Crippen MR) is 92.4 cm³/mol. The number of halogens is 4. The molecule has 0 aliphatic rings. The van der Waals surface area contributed by atoms with Gasteiger partial charge in [-0.05, 0) is 30.3 Å². The number of carbonyl (C=O) groups excluding carboxylic acids is 1. The SMILES string of the molecule is O=C(Cc1nccs1)Cc1cc(F)ccc1Oc1ccccc1C(F)(F)F. The quantitative estimate of drug-likeness (QED) is 0.521. The molecule has 27 heavy (non-hydrogen) atoms. The fourth-order valence-corrected chi connectivity index (χ4v) is 3.12. The first kappa shape index (κ1) is 19.0. The Labute approximate surface area is 156 Å². The number of para-hydroxylation sites is 1. The van der Waals surface area contributed by atoms with Crippen molar-refractivity contribution in [2.24, 2.45) is 0 Å². The van der Waals surface area contributed by atoms with E-state index in [1.807, 2.05) is 0 Å². The zero-order chi connectivity index (χ0) is 19.4. The van der Waals surface area contributed by atoms with Crippen molar-refractivity contribution in [3.63, 3.8) is 0 Å². The summed E-state index contributed by atoms with van der Waals surface area (Å²) >= 11 is 1.31. The average Bonchev–Trinajstić information content (AvgIpc) is 3.09. The Morgan fingerprint density at radius 1 is 1.07 bits per heavy atom. The minimum atomic E-state index is -4.60. The highest BCUT2D eigenvalue weighted by atomic mass is 32.1. The van der Waals surface area contributed by atoms with Crippen molar-refractivity contribution in [1.82, 2.24) is 4.98 Å². The summed E-state index contributed by atoms with van der Waals surface area (Å²) in [6, 6.07) is 8.10. The van der Waals surface area contributed by atoms with Crippen LogP contribution in [0.2, 0.25) is 0 Å². The molecule has 0 amide bonds. The van der Waals surface area contributed by atoms with Crippen LogP contribution in [0.15, 0.2) is 54.0 Å². The largest absolute Gasteiger partial charge is 0.456 e. The molecule has 0 saturated heterocycles. The summed E-state index contributed by atoms with van der Waals surface area (Å²) in [5, 5.41) is 2.34. The molecule has 0 aliphatic heterocycles. The molecule has 0 atom stereocenters. The van der Waals surface area contributed by atoms with E-state index in [2.05, 4.69) is 4.98 Å². The monoisotopic (exact) mass is 395 g/mol. The molecule has 0 saturated carbocycles. The van der Waals surface area contributed by atoms with Crippen molar-refractivity contribution < 1.29 is 27.1 Å². The molecular weight excluding hydrogens is 382 g/mol. The zero-order valence-electron chi connectivity index (χ0n) is 13.8. The van der Waals surface area contributed by atoms with E-state index < -0.39 is 23.3 Å². The first-order valence-electron chi connectivity index (χ1n) is 7.85. The molecule has 0 unspecified atom stereocenters. The molecule has 0 bridgehead atoms. The van der Waals surface area contributed by atoms with Crippen LogP contribution in [0.4, 0.5) is 17.6 Å². The van der Waals surface area contributed by atoms with Gasteiger partial charge in [-0.1, -0.05) is 12.1 Å². The van der Waals surface area contributed by atoms with Gasteiger partial charge in [0.15, 0.2) is 0 Å². The van der Waals surface area contributed by atoms with Crippen molar-refractivity contribution in [1.29, 1.82) is 0 Å². The third kappa shape index (κ3) is 4.91. The van der Waals surface area contributed by atoms with Gasteiger partial charge in [0.05, 0.1) is 17.0 Å². The van der Waals surface area contributed by atoms with E-state index in [-0.39, 0.29) is 29.9 Å². The van der Waals surface area contributed by atoms with E-state index >= 15 is 0 Å². The van der Waals surface area contributed by atoms with Crippen molar-refractivity contribution in [3.8, 4) is 11.5 Å². The van der Waals surface area contributed by atoms with Crippen LogP contribution in [0, 0.1) is 5.82 Å². The number of rotatable bonds is 6. The molecular formula is C19H13F4NO2S. The molecule has 0 aliphatic carbocycles. The second-order valence-corrected chi connectivity index (χ2v) is 6.65. The summed E-state index contributed by atoms with van der Waals surface area (Å²) in [5.41, 5.74) is -0.775. The molecule has 140 valence electrons. The Morgan fingerprint density at radius 3 is 2.56 bits per heavy atom. The highest BCUT2D eigenvalue weighted by Crippen LogP contribution is 2.38. The van der Waals surface area contributed by atoms with Crippen LogP contribution in [0.5, 0.6) is 11.5 Å². The van der Waals surface area contributed by atoms with E-state index in [0.717, 1.165) is 18.2 Å². The van der Waals surface area contributed by atoms with Crippen molar-refractivity contribution in [2.75, 3.05) is 0 Å². The maximum atomic E-state index is 13.6. The standard InChI is InChI=1S/C19H13F4NO2S/c20-13-5-6-16(26-17-4-2-1-3-15(17)19(21,22)23)12(9-13)10-14(25)11-18-24-7-8-27-18/h1-9H,10-11H2. The molecule has 0 N–H and O–H groups in total. The Balaban J connectivity index is 1.86. The molecule has 2 aromatic carbocycles. The number of carbonyl (C=O) groups is 1. The molecule has 3 nitrogen and oxygen atoms in total. The first-order valence-corrected chi connectivity index (χ1v) is 8.73. The van der Waals surface area contributed by atoms with Crippen molar-refractivity contribution >= 4 is 17.1 Å². The van der Waals surface area contributed by atoms with Crippen LogP contribution in [-0.4, -0.2) is 10.8 Å². The Bertz CT molecular complexity index is 939. The number of ketones is 1. The van der Waals surface area contributed by atoms with Crippen LogP contribution >= 0.6 is 11.3 Å². The lowest BCUT2D eigenvalue weighted by atomic mass is 10.1. The van der Waals surface area contributed by atoms with E-state index in [9.17, 15) is 22.4 Å². The van der Waals surface area contributed by atoms with Crippen LogP contribution in [-0.2, 0) is 23.8 Å². The molecule has 0 radical (unpaired) electrons. The second kappa shape index (κ2) is 7.87. The first-order chi connectivity index (χ1) is 12.8. The van der Waals surface area contributed by atoms with Gasteiger partial charge in [0, 0.05) is 23.6 Å². The highest BCUT2D eigenvalue weighted by Gasteiger charge is 2.34. The molecule has 3 rings (SSSR count). The minimum absolute atomic E-state index is 0.000545. The van der Waals surface area contributed by atoms with Crippen LogP contribution in [0.25, 0.3) is 0 Å². The van der Waals surface area contributed by atoms with E-state index in [1.165, 1.54) is 35.6 Å². The van der Waals surface area contributed by atoms with Crippen LogP contribution in [0.3, 0.4) is 0 Å². The average molecular weight is 395 g/mol. The third-order valence-corrected chi connectivity index (χ3v) is 4.43. The number of benzene rings is 2. The lowest BCUT2D eigenvalue weighted by Crippen LogP contribution is -2.09. The van der Waals surface area contributed by atoms with Gasteiger partial charge in [-0.2, -0.15) is 13.2 Å². The number of hydrogen-bond donors (Lipinski definition) is 0. The maximum Gasteiger partial charge on any atom is 0.419 e. The zero-order valence-corrected chi connectivity index (χ0v) is 14.6. The normalized spacial score (nSPS) is 11.4. The van der Waals surface area contributed by atoms with E-state index in [4.69, 9.17) is 4.74 Å². The third-order valence-electron chi connectivity index (χ3n) is 3.65. The summed E-state index contributed by atoms with van der Waals surface area (Å²) in [5.74, 6) is -1.26. The van der Waals surface area contributed by atoms with Gasteiger partial charge < -0.3 is 4.74 Å². The summed E-state index contributed by atoms with van der Waals surface area (Å²) in [6.45, 7) is 0. The summed E-state index contributed by atoms with van der Waals surface area (Å²) in [6.07, 6.45) is -3.15. The van der Waals surface area contributed by atoms with E-state index in [1.54, 1.807) is 11.6 Å². The topological polar surface area (TPSA) is 39.2 Å². The molecule has 1 aromatic heterocycles. The Kier molecular flexibility index (Phi) is 5.55. The molecule has 0 spiro atoms. The Hall–Kier alpha value is -2.74. The highest BCUT2D eigenvalue weighted by molar-refractivity contribution is 7.09. The fraction of sp³-hybridized carbons (Fsp3) is 0.158. The molecule has 8 heteroatoms. The van der Waals surface area contributed by atoms with Gasteiger partial charge in [0.2, 0.25) is 0 Å². The predicted octanol–water partition coefficient (Wildman–Crippen LogP) is 5.45. The van der Waals surface area contributed by atoms with Gasteiger partial charge in [-0.25, -0.2) is 9.37 Å². The smallest absolute Gasteiger partial charge is 0.419 e. The number of alkyl halides is 3. The maximum absolute atomic E-state index is 13.6. The number of thiazole rings is 1. The summed E-state index contributed by atoms with van der Waals surface area (Å²) in [7, 11) is 0. The Morgan fingerprint density at radius 2 is 1.85 bits per heavy atom. The van der Waals surface area contributed by atoms with Gasteiger partial charge in [0.25, 0.3) is 0 Å². The van der Waals surface area contributed by atoms with E-state index in [0.29, 0.717) is 5.01 Å².